The minimum absolute atomic E-state index is 0.124. The Morgan fingerprint density at radius 1 is 1.15 bits per heavy atom. The Morgan fingerprint density at radius 3 is 2.55 bits per heavy atom. The van der Waals surface area contributed by atoms with E-state index in [1.807, 2.05) is 12.1 Å². The fourth-order valence-electron chi connectivity index (χ4n) is 2.59. The maximum absolute atomic E-state index is 9.26. The summed E-state index contributed by atoms with van der Waals surface area (Å²) in [5.74, 6) is 0.861. The normalized spacial score (nSPS) is 15.3. The zero-order valence-electron chi connectivity index (χ0n) is 11.0. The van der Waals surface area contributed by atoms with Gasteiger partial charge >= 0.3 is 0 Å². The summed E-state index contributed by atoms with van der Waals surface area (Å²) in [4.78, 5) is 6.82. The SMILES string of the molecule is OCCN(c1ccc2c(Cl)ccc(Cl)c2n1)C1CCC1. The minimum atomic E-state index is 0.124. The molecule has 1 aromatic heterocycles. The first-order valence-corrected chi connectivity index (χ1v) is 7.58. The topological polar surface area (TPSA) is 36.4 Å². The van der Waals surface area contributed by atoms with Crippen LogP contribution in [0.4, 0.5) is 5.82 Å². The summed E-state index contributed by atoms with van der Waals surface area (Å²) < 4.78 is 0. The zero-order chi connectivity index (χ0) is 14.1. The van der Waals surface area contributed by atoms with Crippen molar-refractivity contribution in [3.63, 3.8) is 0 Å². The Bertz CT molecular complexity index is 629. The largest absolute Gasteiger partial charge is 0.395 e. The van der Waals surface area contributed by atoms with Gasteiger partial charge in [0.1, 0.15) is 5.82 Å². The van der Waals surface area contributed by atoms with Crippen LogP contribution in [0, 0.1) is 0 Å². The molecule has 2 aromatic rings. The number of halogens is 2. The highest BCUT2D eigenvalue weighted by molar-refractivity contribution is 6.39. The second kappa shape index (κ2) is 5.76. The second-order valence-corrected chi connectivity index (χ2v) is 5.91. The van der Waals surface area contributed by atoms with Crippen molar-refractivity contribution in [3.05, 3.63) is 34.3 Å². The molecule has 3 rings (SSSR count). The van der Waals surface area contributed by atoms with Gasteiger partial charge in [-0.15, -0.1) is 0 Å². The van der Waals surface area contributed by atoms with E-state index in [1.165, 1.54) is 6.42 Å². The molecule has 0 atom stereocenters. The van der Waals surface area contributed by atoms with Crippen LogP contribution < -0.4 is 4.90 Å². The first kappa shape index (κ1) is 13.9. The molecule has 1 saturated carbocycles. The van der Waals surface area contributed by atoms with Crippen LogP contribution in [0.3, 0.4) is 0 Å². The molecular weight excluding hydrogens is 295 g/mol. The smallest absolute Gasteiger partial charge is 0.129 e. The maximum atomic E-state index is 9.26. The summed E-state index contributed by atoms with van der Waals surface area (Å²) in [7, 11) is 0. The summed E-state index contributed by atoms with van der Waals surface area (Å²) >= 11 is 12.4. The van der Waals surface area contributed by atoms with Crippen molar-refractivity contribution < 1.29 is 5.11 Å². The number of benzene rings is 1. The van der Waals surface area contributed by atoms with Crippen LogP contribution in [-0.2, 0) is 0 Å². The summed E-state index contributed by atoms with van der Waals surface area (Å²) in [6.07, 6.45) is 3.55. The average Bonchev–Trinajstić information content (AvgIpc) is 2.40. The number of aromatic nitrogens is 1. The van der Waals surface area contributed by atoms with Crippen LogP contribution in [0.5, 0.6) is 0 Å². The van der Waals surface area contributed by atoms with E-state index >= 15 is 0 Å². The molecule has 0 radical (unpaired) electrons. The lowest BCUT2D eigenvalue weighted by Gasteiger charge is -2.38. The van der Waals surface area contributed by atoms with E-state index in [-0.39, 0.29) is 6.61 Å². The monoisotopic (exact) mass is 310 g/mol. The van der Waals surface area contributed by atoms with Crippen molar-refractivity contribution in [1.29, 1.82) is 0 Å². The fourth-order valence-corrected chi connectivity index (χ4v) is 3.01. The summed E-state index contributed by atoms with van der Waals surface area (Å²) in [5.41, 5.74) is 0.721. The molecule has 0 aliphatic heterocycles. The second-order valence-electron chi connectivity index (χ2n) is 5.10. The van der Waals surface area contributed by atoms with Gasteiger partial charge in [-0.1, -0.05) is 23.2 Å². The number of pyridine rings is 1. The van der Waals surface area contributed by atoms with Crippen molar-refractivity contribution in [2.75, 3.05) is 18.1 Å². The van der Waals surface area contributed by atoms with Gasteiger partial charge in [0.05, 0.1) is 22.2 Å². The summed E-state index contributed by atoms with van der Waals surface area (Å²) in [6, 6.07) is 7.94. The average molecular weight is 311 g/mol. The molecule has 0 bridgehead atoms. The van der Waals surface area contributed by atoms with Gasteiger partial charge in [-0.3, -0.25) is 0 Å². The molecule has 3 nitrogen and oxygen atoms in total. The first-order chi connectivity index (χ1) is 9.70. The molecule has 0 amide bonds. The molecular formula is C15H16Cl2N2O. The van der Waals surface area contributed by atoms with E-state index in [4.69, 9.17) is 23.2 Å². The standard InChI is InChI=1S/C15H16Cl2N2O/c16-12-5-6-13(17)15-11(12)4-7-14(18-15)19(8-9-20)10-2-1-3-10/h4-7,10,20H,1-3,8-9H2. The van der Waals surface area contributed by atoms with Crippen LogP contribution >= 0.6 is 23.2 Å². The van der Waals surface area contributed by atoms with Crippen LogP contribution in [0.25, 0.3) is 10.9 Å². The summed E-state index contributed by atoms with van der Waals surface area (Å²) in [5, 5.41) is 11.4. The van der Waals surface area contributed by atoms with E-state index in [1.54, 1.807) is 12.1 Å². The van der Waals surface area contributed by atoms with Crippen LogP contribution in [0.2, 0.25) is 10.0 Å². The van der Waals surface area contributed by atoms with E-state index in [9.17, 15) is 5.11 Å². The Hall–Kier alpha value is -1.03. The third-order valence-electron chi connectivity index (χ3n) is 3.89. The van der Waals surface area contributed by atoms with Gasteiger partial charge in [0.25, 0.3) is 0 Å². The number of fused-ring (bicyclic) bond motifs is 1. The Morgan fingerprint density at radius 2 is 1.90 bits per heavy atom. The molecule has 106 valence electrons. The third-order valence-corrected chi connectivity index (χ3v) is 4.53. The molecule has 1 aliphatic rings. The van der Waals surface area contributed by atoms with Crippen molar-refractivity contribution in [3.8, 4) is 0 Å². The number of nitrogens with zero attached hydrogens (tertiary/aromatic N) is 2. The predicted octanol–water partition coefficient (Wildman–Crippen LogP) is 3.89. The van der Waals surface area contributed by atoms with Crippen LogP contribution in [0.15, 0.2) is 24.3 Å². The summed E-state index contributed by atoms with van der Waals surface area (Å²) in [6.45, 7) is 0.723. The van der Waals surface area contributed by atoms with Crippen molar-refractivity contribution in [2.24, 2.45) is 0 Å². The molecule has 1 aliphatic carbocycles. The molecule has 0 unspecified atom stereocenters. The minimum Gasteiger partial charge on any atom is -0.395 e. The number of aliphatic hydroxyl groups excluding tert-OH is 1. The lowest BCUT2D eigenvalue weighted by Crippen LogP contribution is -2.42. The molecule has 1 fully saturated rings. The van der Waals surface area contributed by atoms with Gasteiger partial charge < -0.3 is 10.0 Å². The van der Waals surface area contributed by atoms with Gasteiger partial charge in [-0.2, -0.15) is 0 Å². The van der Waals surface area contributed by atoms with Crippen LogP contribution in [-0.4, -0.2) is 29.3 Å². The van der Waals surface area contributed by atoms with Gasteiger partial charge in [0.15, 0.2) is 0 Å². The first-order valence-electron chi connectivity index (χ1n) is 6.83. The highest BCUT2D eigenvalue weighted by Crippen LogP contribution is 2.33. The Labute approximate surface area is 128 Å². The van der Waals surface area contributed by atoms with Gasteiger partial charge in [0, 0.05) is 18.0 Å². The Kier molecular flexibility index (Phi) is 4.01. The highest BCUT2D eigenvalue weighted by Gasteiger charge is 2.25. The van der Waals surface area contributed by atoms with Crippen LogP contribution in [0.1, 0.15) is 19.3 Å². The van der Waals surface area contributed by atoms with Crippen molar-refractivity contribution >= 4 is 39.9 Å². The van der Waals surface area contributed by atoms with E-state index in [2.05, 4.69) is 9.88 Å². The highest BCUT2D eigenvalue weighted by atomic mass is 35.5. The molecule has 5 heteroatoms. The molecule has 20 heavy (non-hydrogen) atoms. The van der Waals surface area contributed by atoms with E-state index in [0.29, 0.717) is 22.6 Å². The van der Waals surface area contributed by atoms with Gasteiger partial charge in [0.2, 0.25) is 0 Å². The number of rotatable bonds is 4. The Balaban J connectivity index is 2.04. The van der Waals surface area contributed by atoms with E-state index in [0.717, 1.165) is 29.6 Å². The number of anilines is 1. The number of hydrogen-bond acceptors (Lipinski definition) is 3. The molecule has 1 N–H and O–H groups in total. The third kappa shape index (κ3) is 2.46. The number of aliphatic hydroxyl groups is 1. The predicted molar refractivity (Wildman–Crippen MR) is 83.8 cm³/mol. The van der Waals surface area contributed by atoms with E-state index < -0.39 is 0 Å². The molecule has 1 heterocycles. The fraction of sp³-hybridized carbons (Fsp3) is 0.400. The molecule has 0 saturated heterocycles. The van der Waals surface area contributed by atoms with Crippen molar-refractivity contribution in [2.45, 2.75) is 25.3 Å². The van der Waals surface area contributed by atoms with Gasteiger partial charge in [-0.05, 0) is 43.5 Å². The molecule has 1 aromatic carbocycles. The van der Waals surface area contributed by atoms with Crippen molar-refractivity contribution in [1.82, 2.24) is 4.98 Å². The zero-order valence-corrected chi connectivity index (χ0v) is 12.5. The maximum Gasteiger partial charge on any atom is 0.129 e. The molecule has 0 spiro atoms. The lowest BCUT2D eigenvalue weighted by atomic mass is 9.91. The number of hydrogen-bond donors (Lipinski definition) is 1. The van der Waals surface area contributed by atoms with Gasteiger partial charge in [-0.25, -0.2) is 4.98 Å². The quantitative estimate of drug-likeness (QED) is 0.930. The lowest BCUT2D eigenvalue weighted by molar-refractivity contribution is 0.283.